The minimum atomic E-state index is 0.666. The Hall–Kier alpha value is -3.07. The SMILES string of the molecule is Cc1cccc(-c2nc(-c3ccccc3)c3cccc(C)c3n2)n1. The van der Waals surface area contributed by atoms with Gasteiger partial charge in [0.15, 0.2) is 5.82 Å². The lowest BCUT2D eigenvalue weighted by Gasteiger charge is -2.10. The topological polar surface area (TPSA) is 38.7 Å². The first kappa shape index (κ1) is 14.5. The predicted molar refractivity (Wildman–Crippen MR) is 97.7 cm³/mol. The van der Waals surface area contributed by atoms with Gasteiger partial charge in [-0.2, -0.15) is 0 Å². The average molecular weight is 311 g/mol. The second-order valence-electron chi connectivity index (χ2n) is 5.90. The van der Waals surface area contributed by atoms with Crippen LogP contribution in [0.15, 0.2) is 66.7 Å². The van der Waals surface area contributed by atoms with E-state index in [4.69, 9.17) is 9.97 Å². The summed E-state index contributed by atoms with van der Waals surface area (Å²) < 4.78 is 0. The van der Waals surface area contributed by atoms with E-state index in [1.807, 2.05) is 43.3 Å². The molecule has 0 bridgehead atoms. The van der Waals surface area contributed by atoms with E-state index < -0.39 is 0 Å². The summed E-state index contributed by atoms with van der Waals surface area (Å²) in [6.45, 7) is 4.06. The molecule has 0 fully saturated rings. The van der Waals surface area contributed by atoms with Crippen molar-refractivity contribution in [2.45, 2.75) is 13.8 Å². The van der Waals surface area contributed by atoms with Crippen LogP contribution >= 0.6 is 0 Å². The monoisotopic (exact) mass is 311 g/mol. The van der Waals surface area contributed by atoms with Crippen molar-refractivity contribution in [1.82, 2.24) is 15.0 Å². The fourth-order valence-corrected chi connectivity index (χ4v) is 2.89. The van der Waals surface area contributed by atoms with E-state index in [9.17, 15) is 0 Å². The van der Waals surface area contributed by atoms with Gasteiger partial charge in [-0.15, -0.1) is 0 Å². The largest absolute Gasteiger partial charge is 0.250 e. The molecule has 0 radical (unpaired) electrons. The number of pyridine rings is 1. The Kier molecular flexibility index (Phi) is 3.54. The van der Waals surface area contributed by atoms with Gasteiger partial charge in [0.1, 0.15) is 5.69 Å². The second-order valence-corrected chi connectivity index (χ2v) is 5.90. The van der Waals surface area contributed by atoms with E-state index in [1.54, 1.807) is 0 Å². The first-order valence-corrected chi connectivity index (χ1v) is 7.99. The molecule has 4 rings (SSSR count). The number of hydrogen-bond acceptors (Lipinski definition) is 3. The maximum atomic E-state index is 4.85. The Labute approximate surface area is 141 Å². The van der Waals surface area contributed by atoms with Gasteiger partial charge < -0.3 is 0 Å². The van der Waals surface area contributed by atoms with E-state index >= 15 is 0 Å². The van der Waals surface area contributed by atoms with Crippen molar-refractivity contribution in [3.63, 3.8) is 0 Å². The molecule has 0 saturated heterocycles. The van der Waals surface area contributed by atoms with E-state index in [0.29, 0.717) is 5.82 Å². The van der Waals surface area contributed by atoms with Crippen LogP contribution < -0.4 is 0 Å². The zero-order valence-corrected chi connectivity index (χ0v) is 13.7. The van der Waals surface area contributed by atoms with Crippen molar-refractivity contribution in [2.24, 2.45) is 0 Å². The quantitative estimate of drug-likeness (QED) is 0.524. The molecule has 116 valence electrons. The normalized spacial score (nSPS) is 10.9. The summed E-state index contributed by atoms with van der Waals surface area (Å²) in [6.07, 6.45) is 0. The molecule has 0 amide bonds. The van der Waals surface area contributed by atoms with Crippen molar-refractivity contribution in [3.05, 3.63) is 78.0 Å². The third-order valence-corrected chi connectivity index (χ3v) is 4.09. The second kappa shape index (κ2) is 5.85. The average Bonchev–Trinajstić information content (AvgIpc) is 2.62. The highest BCUT2D eigenvalue weighted by Gasteiger charge is 2.13. The summed E-state index contributed by atoms with van der Waals surface area (Å²) in [5.74, 6) is 0.666. The van der Waals surface area contributed by atoms with Crippen LogP contribution in [0.1, 0.15) is 11.3 Å². The van der Waals surface area contributed by atoms with Crippen molar-refractivity contribution < 1.29 is 0 Å². The number of nitrogens with zero attached hydrogens (tertiary/aromatic N) is 3. The Morgan fingerprint density at radius 3 is 2.25 bits per heavy atom. The van der Waals surface area contributed by atoms with E-state index in [0.717, 1.165) is 39.1 Å². The standard InChI is InChI=1S/C21H17N3/c1-14-8-6-12-17-19(14)23-21(18-13-7-9-15(2)22-18)24-20(17)16-10-4-3-5-11-16/h3-13H,1-2H3. The molecular weight excluding hydrogens is 294 g/mol. The Bertz CT molecular complexity index is 1020. The van der Waals surface area contributed by atoms with Gasteiger partial charge in [-0.05, 0) is 31.5 Å². The van der Waals surface area contributed by atoms with E-state index in [1.165, 1.54) is 0 Å². The van der Waals surface area contributed by atoms with Gasteiger partial charge >= 0.3 is 0 Å². The van der Waals surface area contributed by atoms with Crippen molar-refractivity contribution in [1.29, 1.82) is 0 Å². The smallest absolute Gasteiger partial charge is 0.179 e. The third-order valence-electron chi connectivity index (χ3n) is 4.09. The van der Waals surface area contributed by atoms with Crippen molar-refractivity contribution in [3.8, 4) is 22.8 Å². The number of aryl methyl sites for hydroxylation is 2. The van der Waals surface area contributed by atoms with Gasteiger partial charge in [0, 0.05) is 16.6 Å². The zero-order chi connectivity index (χ0) is 16.5. The molecule has 4 aromatic rings. The number of rotatable bonds is 2. The zero-order valence-electron chi connectivity index (χ0n) is 13.7. The van der Waals surface area contributed by atoms with Gasteiger partial charge in [0.25, 0.3) is 0 Å². The Morgan fingerprint density at radius 2 is 1.46 bits per heavy atom. The first-order chi connectivity index (χ1) is 11.7. The van der Waals surface area contributed by atoms with Crippen LogP contribution in [0.4, 0.5) is 0 Å². The van der Waals surface area contributed by atoms with Gasteiger partial charge in [-0.3, -0.25) is 0 Å². The highest BCUT2D eigenvalue weighted by molar-refractivity contribution is 5.95. The van der Waals surface area contributed by atoms with Crippen molar-refractivity contribution >= 4 is 10.9 Å². The van der Waals surface area contributed by atoms with Crippen LogP contribution in [0.25, 0.3) is 33.7 Å². The number of benzene rings is 2. The van der Waals surface area contributed by atoms with Crippen LogP contribution in [-0.4, -0.2) is 15.0 Å². The highest BCUT2D eigenvalue weighted by Crippen LogP contribution is 2.29. The molecule has 0 atom stereocenters. The number of hydrogen-bond donors (Lipinski definition) is 0. The van der Waals surface area contributed by atoms with Gasteiger partial charge in [-0.1, -0.05) is 54.6 Å². The fraction of sp³-hybridized carbons (Fsp3) is 0.0952. The lowest BCUT2D eigenvalue weighted by atomic mass is 10.0. The predicted octanol–water partition coefficient (Wildman–Crippen LogP) is 4.98. The van der Waals surface area contributed by atoms with Crippen LogP contribution in [-0.2, 0) is 0 Å². The van der Waals surface area contributed by atoms with Crippen LogP contribution in [0.5, 0.6) is 0 Å². The van der Waals surface area contributed by atoms with Gasteiger partial charge in [0.05, 0.1) is 11.2 Å². The molecule has 24 heavy (non-hydrogen) atoms. The Morgan fingerprint density at radius 1 is 0.667 bits per heavy atom. The summed E-state index contributed by atoms with van der Waals surface area (Å²) in [6, 6.07) is 22.4. The molecule has 0 spiro atoms. The molecule has 0 aliphatic rings. The van der Waals surface area contributed by atoms with Gasteiger partial charge in [-0.25, -0.2) is 15.0 Å². The molecule has 3 heteroatoms. The lowest BCUT2D eigenvalue weighted by molar-refractivity contribution is 1.14. The molecule has 0 unspecified atom stereocenters. The summed E-state index contributed by atoms with van der Waals surface area (Å²) >= 11 is 0. The van der Waals surface area contributed by atoms with Crippen LogP contribution in [0.3, 0.4) is 0 Å². The maximum absolute atomic E-state index is 4.85. The number of fused-ring (bicyclic) bond motifs is 1. The van der Waals surface area contributed by atoms with Crippen molar-refractivity contribution in [2.75, 3.05) is 0 Å². The minimum absolute atomic E-state index is 0.666. The van der Waals surface area contributed by atoms with Crippen LogP contribution in [0, 0.1) is 13.8 Å². The Balaban J connectivity index is 2.05. The van der Waals surface area contributed by atoms with Gasteiger partial charge in [0.2, 0.25) is 0 Å². The molecule has 2 heterocycles. The molecular formula is C21H17N3. The molecule has 2 aromatic heterocycles. The molecule has 0 aliphatic heterocycles. The fourth-order valence-electron chi connectivity index (χ4n) is 2.89. The molecule has 0 saturated carbocycles. The molecule has 0 N–H and O–H groups in total. The van der Waals surface area contributed by atoms with Crippen LogP contribution in [0.2, 0.25) is 0 Å². The summed E-state index contributed by atoms with van der Waals surface area (Å²) in [5, 5.41) is 1.07. The lowest BCUT2D eigenvalue weighted by Crippen LogP contribution is -1.98. The first-order valence-electron chi connectivity index (χ1n) is 7.99. The molecule has 0 aliphatic carbocycles. The maximum Gasteiger partial charge on any atom is 0.179 e. The van der Waals surface area contributed by atoms with E-state index in [-0.39, 0.29) is 0 Å². The minimum Gasteiger partial charge on any atom is -0.250 e. The third kappa shape index (κ3) is 2.54. The highest BCUT2D eigenvalue weighted by atomic mass is 14.9. The number of para-hydroxylation sites is 1. The molecule has 3 nitrogen and oxygen atoms in total. The summed E-state index contributed by atoms with van der Waals surface area (Å²) in [5.41, 5.74) is 5.91. The summed E-state index contributed by atoms with van der Waals surface area (Å²) in [4.78, 5) is 14.2. The van der Waals surface area contributed by atoms with E-state index in [2.05, 4.69) is 42.2 Å². The molecule has 2 aromatic carbocycles. The summed E-state index contributed by atoms with van der Waals surface area (Å²) in [7, 11) is 0. The number of aromatic nitrogens is 3.